The highest BCUT2D eigenvalue weighted by molar-refractivity contribution is 5.85. The number of nitrogens with zero attached hydrogens (tertiary/aromatic N) is 1. The summed E-state index contributed by atoms with van der Waals surface area (Å²) in [6, 6.07) is 0. The van der Waals surface area contributed by atoms with Crippen LogP contribution >= 0.6 is 0 Å². The maximum atomic E-state index is 9.32. The second-order valence-corrected chi connectivity index (χ2v) is 12.6. The van der Waals surface area contributed by atoms with Gasteiger partial charge in [-0.25, -0.2) is 0 Å². The molecule has 0 aromatic heterocycles. The van der Waals surface area contributed by atoms with E-state index >= 15 is 0 Å². The molecule has 0 aromatic carbocycles. The molecule has 0 bridgehead atoms. The van der Waals surface area contributed by atoms with Crippen molar-refractivity contribution in [2.75, 3.05) is 0 Å². The zero-order valence-electron chi connectivity index (χ0n) is 19.9. The Morgan fingerprint density at radius 1 is 0.931 bits per heavy atom. The summed E-state index contributed by atoms with van der Waals surface area (Å²) in [5, 5.41) is 12.9. The van der Waals surface area contributed by atoms with Crippen LogP contribution in [-0.2, 0) is 0 Å². The molecule has 2 heteroatoms. The first-order chi connectivity index (χ1) is 13.8. The van der Waals surface area contributed by atoms with Crippen LogP contribution in [0, 0.1) is 52.3 Å². The van der Waals surface area contributed by atoms with Crippen molar-refractivity contribution in [2.45, 2.75) is 112 Å². The van der Waals surface area contributed by atoms with Crippen molar-refractivity contribution in [1.29, 1.82) is 0 Å². The smallest absolute Gasteiger partial charge is 0.0574 e. The van der Waals surface area contributed by atoms with Crippen LogP contribution in [0.5, 0.6) is 0 Å². The van der Waals surface area contributed by atoms with E-state index in [1.165, 1.54) is 64.2 Å². The van der Waals surface area contributed by atoms with Gasteiger partial charge in [-0.05, 0) is 110 Å². The summed E-state index contributed by atoms with van der Waals surface area (Å²) in [5.74, 6) is 6.36. The van der Waals surface area contributed by atoms with Gasteiger partial charge in [-0.15, -0.1) is 0 Å². The highest BCUT2D eigenvalue weighted by Gasteiger charge is 2.60. The number of rotatable bonds is 5. The molecule has 0 aliphatic heterocycles. The van der Waals surface area contributed by atoms with Crippen molar-refractivity contribution in [2.24, 2.45) is 57.4 Å². The first-order valence-electron chi connectivity index (χ1n) is 13.0. The molecule has 0 radical (unpaired) electrons. The van der Waals surface area contributed by atoms with E-state index < -0.39 is 0 Å². The second-order valence-electron chi connectivity index (χ2n) is 12.6. The molecule has 2 nitrogen and oxygen atoms in total. The Kier molecular flexibility index (Phi) is 6.13. The molecule has 1 N–H and O–H groups in total. The number of hydrogen-bond donors (Lipinski definition) is 1. The Bertz CT molecular complexity index is 612. The molecule has 4 aliphatic rings. The third kappa shape index (κ3) is 3.69. The lowest BCUT2D eigenvalue weighted by atomic mass is 9.44. The van der Waals surface area contributed by atoms with Crippen molar-refractivity contribution in [3.63, 3.8) is 0 Å². The van der Waals surface area contributed by atoms with Crippen LogP contribution in [0.4, 0.5) is 0 Å². The van der Waals surface area contributed by atoms with Gasteiger partial charge < -0.3 is 5.21 Å². The Balaban J connectivity index is 1.46. The van der Waals surface area contributed by atoms with E-state index in [1.807, 2.05) is 0 Å². The van der Waals surface area contributed by atoms with Gasteiger partial charge in [-0.1, -0.05) is 59.0 Å². The lowest BCUT2D eigenvalue weighted by molar-refractivity contribution is -0.105. The fourth-order valence-electron chi connectivity index (χ4n) is 9.18. The Hall–Kier alpha value is -0.530. The molecule has 4 fully saturated rings. The maximum absolute atomic E-state index is 9.32. The third-order valence-corrected chi connectivity index (χ3v) is 10.8. The molecule has 0 saturated heterocycles. The summed E-state index contributed by atoms with van der Waals surface area (Å²) < 4.78 is 0. The van der Waals surface area contributed by atoms with Gasteiger partial charge in [0.05, 0.1) is 5.71 Å². The fraction of sp³-hybridized carbons (Fsp3) is 0.963. The minimum Gasteiger partial charge on any atom is -0.411 e. The summed E-state index contributed by atoms with van der Waals surface area (Å²) in [6.45, 7) is 12.6. The monoisotopic (exact) mass is 401 g/mol. The first-order valence-corrected chi connectivity index (χ1v) is 13.0. The standard InChI is InChI=1S/C27H47NO/c1-18(2)7-6-8-19(3)23-11-12-24-22-10-9-20-17-21(28-29)13-15-26(20,4)25(22)14-16-27(23,24)5/h18-20,22-25,29H,6-17H2,1-5H3/b28-21-/t19-,20+,22+,23+,24-,25-,26+,27+/m1/s1. The van der Waals surface area contributed by atoms with Gasteiger partial charge >= 0.3 is 0 Å². The Labute approximate surface area is 180 Å². The summed E-state index contributed by atoms with van der Waals surface area (Å²) in [4.78, 5) is 0. The average molecular weight is 402 g/mol. The highest BCUT2D eigenvalue weighted by atomic mass is 16.4. The quantitative estimate of drug-likeness (QED) is 0.368. The van der Waals surface area contributed by atoms with E-state index in [9.17, 15) is 5.21 Å². The van der Waals surface area contributed by atoms with Crippen LogP contribution in [0.25, 0.3) is 0 Å². The second kappa shape index (κ2) is 8.19. The number of oxime groups is 1. The van der Waals surface area contributed by atoms with Gasteiger partial charge in [-0.3, -0.25) is 0 Å². The SMILES string of the molecule is CC(C)CCC[C@@H](C)[C@@H]1CC[C@@H]2[C@@H]3CC[C@H]4C/C(=N\O)CC[C@]4(C)[C@@H]3CC[C@]21C. The van der Waals surface area contributed by atoms with E-state index in [4.69, 9.17) is 0 Å². The molecule has 8 atom stereocenters. The van der Waals surface area contributed by atoms with Gasteiger partial charge in [0.2, 0.25) is 0 Å². The van der Waals surface area contributed by atoms with E-state index in [1.54, 1.807) is 0 Å². The average Bonchev–Trinajstić information content (AvgIpc) is 3.04. The molecule has 0 heterocycles. The van der Waals surface area contributed by atoms with Crippen LogP contribution in [0.2, 0.25) is 0 Å². The molecule has 4 rings (SSSR count). The molecule has 0 spiro atoms. The van der Waals surface area contributed by atoms with Gasteiger partial charge in [0, 0.05) is 0 Å². The van der Waals surface area contributed by atoms with E-state index in [2.05, 4.69) is 39.8 Å². The van der Waals surface area contributed by atoms with Crippen LogP contribution in [0.15, 0.2) is 5.16 Å². The lowest BCUT2D eigenvalue weighted by Gasteiger charge is -2.60. The Morgan fingerprint density at radius 3 is 2.41 bits per heavy atom. The highest BCUT2D eigenvalue weighted by Crippen LogP contribution is 2.68. The van der Waals surface area contributed by atoms with Crippen LogP contribution in [0.3, 0.4) is 0 Å². The number of hydrogen-bond acceptors (Lipinski definition) is 2. The van der Waals surface area contributed by atoms with Crippen molar-refractivity contribution in [3.05, 3.63) is 0 Å². The predicted octanol–water partition coefficient (Wildman–Crippen LogP) is 7.94. The van der Waals surface area contributed by atoms with Gasteiger partial charge in [0.15, 0.2) is 0 Å². The van der Waals surface area contributed by atoms with Crippen LogP contribution < -0.4 is 0 Å². The molecule has 166 valence electrons. The summed E-state index contributed by atoms with van der Waals surface area (Å²) >= 11 is 0. The van der Waals surface area contributed by atoms with Crippen molar-refractivity contribution in [1.82, 2.24) is 0 Å². The van der Waals surface area contributed by atoms with E-state index in [0.29, 0.717) is 10.8 Å². The summed E-state index contributed by atoms with van der Waals surface area (Å²) in [6.07, 6.45) is 16.4. The minimum atomic E-state index is 0.499. The summed E-state index contributed by atoms with van der Waals surface area (Å²) in [5.41, 5.74) is 2.18. The van der Waals surface area contributed by atoms with Gasteiger partial charge in [-0.2, -0.15) is 0 Å². The zero-order chi connectivity index (χ0) is 20.8. The topological polar surface area (TPSA) is 32.6 Å². The fourth-order valence-corrected chi connectivity index (χ4v) is 9.18. The van der Waals surface area contributed by atoms with E-state index in [0.717, 1.165) is 60.0 Å². The van der Waals surface area contributed by atoms with Crippen LogP contribution in [0.1, 0.15) is 112 Å². The number of fused-ring (bicyclic) bond motifs is 5. The van der Waals surface area contributed by atoms with E-state index in [-0.39, 0.29) is 0 Å². The molecular weight excluding hydrogens is 354 g/mol. The van der Waals surface area contributed by atoms with Gasteiger partial charge in [0.25, 0.3) is 0 Å². The minimum absolute atomic E-state index is 0.499. The van der Waals surface area contributed by atoms with Crippen LogP contribution in [-0.4, -0.2) is 10.9 Å². The molecule has 0 unspecified atom stereocenters. The lowest BCUT2D eigenvalue weighted by Crippen LogP contribution is -2.53. The third-order valence-electron chi connectivity index (χ3n) is 10.8. The normalized spacial score (nSPS) is 47.0. The van der Waals surface area contributed by atoms with Crippen molar-refractivity contribution in [3.8, 4) is 0 Å². The predicted molar refractivity (Wildman–Crippen MR) is 122 cm³/mol. The van der Waals surface area contributed by atoms with Crippen molar-refractivity contribution < 1.29 is 5.21 Å². The summed E-state index contributed by atoms with van der Waals surface area (Å²) in [7, 11) is 0. The Morgan fingerprint density at radius 2 is 1.69 bits per heavy atom. The van der Waals surface area contributed by atoms with Crippen molar-refractivity contribution >= 4 is 5.71 Å². The zero-order valence-corrected chi connectivity index (χ0v) is 19.9. The molecule has 0 aromatic rings. The first kappa shape index (κ1) is 21.7. The largest absolute Gasteiger partial charge is 0.411 e. The maximum Gasteiger partial charge on any atom is 0.0574 e. The molecular formula is C27H47NO. The molecule has 0 amide bonds. The molecule has 29 heavy (non-hydrogen) atoms. The molecule has 4 saturated carbocycles. The molecule has 4 aliphatic carbocycles. The van der Waals surface area contributed by atoms with Gasteiger partial charge in [0.1, 0.15) is 0 Å².